The molecule has 6 nitrogen and oxygen atoms in total. The third-order valence-corrected chi connectivity index (χ3v) is 7.22. The molecule has 1 N–H and O–H groups in total. The van der Waals surface area contributed by atoms with Crippen LogP contribution in [0.4, 0.5) is 18.9 Å². The van der Waals surface area contributed by atoms with E-state index in [-0.39, 0.29) is 10.6 Å². The molecule has 1 aliphatic rings. The minimum atomic E-state index is -4.85. The number of halogens is 5. The van der Waals surface area contributed by atoms with Crippen LogP contribution in [0.15, 0.2) is 65.6 Å². The van der Waals surface area contributed by atoms with Crippen molar-refractivity contribution in [1.82, 2.24) is 4.90 Å². The maximum absolute atomic E-state index is 14.0. The van der Waals surface area contributed by atoms with E-state index in [1.54, 1.807) is 0 Å². The van der Waals surface area contributed by atoms with E-state index in [0.717, 1.165) is 6.07 Å². The molecule has 12 heteroatoms. The Morgan fingerprint density at radius 2 is 1.67 bits per heavy atom. The standard InChI is InChI=1S/C24H21Cl2F3N2O4S/c1-31-10-9-18(14-31)35-22-4-2-3-21(23(22)24(27,28)29)30-36(32,33)20-7-5-17(6-8-20)34-19-12-15(25)11-16(26)13-19/h2-8,11-13,18,30H,9-10,14H2,1H3. The maximum atomic E-state index is 14.0. The summed E-state index contributed by atoms with van der Waals surface area (Å²) in [5.74, 6) is 0.188. The number of ether oxygens (including phenoxy) is 2. The molecule has 0 saturated carbocycles. The van der Waals surface area contributed by atoms with Gasteiger partial charge in [0.05, 0.1) is 10.6 Å². The van der Waals surface area contributed by atoms with Gasteiger partial charge in [-0.1, -0.05) is 29.3 Å². The molecule has 1 heterocycles. The Labute approximate surface area is 216 Å². The molecule has 1 atom stereocenters. The van der Waals surface area contributed by atoms with E-state index < -0.39 is 39.3 Å². The molecule has 3 aromatic rings. The van der Waals surface area contributed by atoms with Gasteiger partial charge < -0.3 is 14.4 Å². The van der Waals surface area contributed by atoms with E-state index in [2.05, 4.69) is 4.72 Å². The molecule has 0 amide bonds. The Morgan fingerprint density at radius 1 is 1.00 bits per heavy atom. The molecule has 192 valence electrons. The fourth-order valence-corrected chi connectivity index (χ4v) is 5.37. The van der Waals surface area contributed by atoms with Crippen LogP contribution in [0.1, 0.15) is 12.0 Å². The number of hydrogen-bond acceptors (Lipinski definition) is 5. The lowest BCUT2D eigenvalue weighted by Crippen LogP contribution is -2.24. The SMILES string of the molecule is CN1CCC(Oc2cccc(NS(=O)(=O)c3ccc(Oc4cc(Cl)cc(Cl)c4)cc3)c2C(F)(F)F)C1. The van der Waals surface area contributed by atoms with Crippen LogP contribution in [0, 0.1) is 0 Å². The van der Waals surface area contributed by atoms with Crippen molar-refractivity contribution in [2.24, 2.45) is 0 Å². The summed E-state index contributed by atoms with van der Waals surface area (Å²) in [4.78, 5) is 1.69. The van der Waals surface area contributed by atoms with Gasteiger partial charge in [0.1, 0.15) is 28.9 Å². The van der Waals surface area contributed by atoms with Crippen LogP contribution >= 0.6 is 23.2 Å². The molecule has 1 unspecified atom stereocenters. The quantitative estimate of drug-likeness (QED) is 0.348. The summed E-state index contributed by atoms with van der Waals surface area (Å²) in [7, 11) is -2.52. The summed E-state index contributed by atoms with van der Waals surface area (Å²) in [6, 6.07) is 13.3. The smallest absolute Gasteiger partial charge is 0.421 e. The van der Waals surface area contributed by atoms with Crippen LogP contribution in [0.2, 0.25) is 10.0 Å². The van der Waals surface area contributed by atoms with Crippen molar-refractivity contribution in [3.05, 3.63) is 76.3 Å². The molecule has 0 aliphatic carbocycles. The summed E-state index contributed by atoms with van der Waals surface area (Å²) in [6.07, 6.45) is -4.71. The summed E-state index contributed by atoms with van der Waals surface area (Å²) in [6.45, 7) is 1.17. The van der Waals surface area contributed by atoms with E-state index in [4.69, 9.17) is 32.7 Å². The normalized spacial score (nSPS) is 16.7. The number of benzene rings is 3. The van der Waals surface area contributed by atoms with Gasteiger partial charge in [0.15, 0.2) is 0 Å². The van der Waals surface area contributed by atoms with E-state index in [9.17, 15) is 21.6 Å². The fraction of sp³-hybridized carbons (Fsp3) is 0.250. The average Bonchev–Trinajstić information content (AvgIpc) is 3.17. The molecular formula is C24H21Cl2F3N2O4S. The summed E-state index contributed by atoms with van der Waals surface area (Å²) >= 11 is 11.9. The zero-order chi connectivity index (χ0) is 26.1. The molecular weight excluding hydrogens is 540 g/mol. The molecule has 0 bridgehead atoms. The van der Waals surface area contributed by atoms with Crippen molar-refractivity contribution in [3.63, 3.8) is 0 Å². The number of likely N-dealkylation sites (N-methyl/N-ethyl adjacent to an activating group) is 1. The van der Waals surface area contributed by atoms with Gasteiger partial charge >= 0.3 is 6.18 Å². The predicted molar refractivity (Wildman–Crippen MR) is 132 cm³/mol. The first-order valence-corrected chi connectivity index (χ1v) is 13.0. The van der Waals surface area contributed by atoms with Crippen LogP contribution in [0.25, 0.3) is 0 Å². The number of hydrogen-bond donors (Lipinski definition) is 1. The molecule has 1 fully saturated rings. The lowest BCUT2D eigenvalue weighted by Gasteiger charge is -2.21. The lowest BCUT2D eigenvalue weighted by molar-refractivity contribution is -0.138. The third kappa shape index (κ3) is 6.36. The Hall–Kier alpha value is -2.66. The first-order valence-electron chi connectivity index (χ1n) is 10.7. The second-order valence-electron chi connectivity index (χ2n) is 8.25. The Balaban J connectivity index is 1.57. The molecule has 0 radical (unpaired) electrons. The number of anilines is 1. The Morgan fingerprint density at radius 3 is 2.25 bits per heavy atom. The number of alkyl halides is 3. The lowest BCUT2D eigenvalue weighted by atomic mass is 10.1. The molecule has 3 aromatic carbocycles. The van der Waals surface area contributed by atoms with Gasteiger partial charge in [-0.15, -0.1) is 0 Å². The monoisotopic (exact) mass is 560 g/mol. The van der Waals surface area contributed by atoms with Crippen LogP contribution in [0.5, 0.6) is 17.2 Å². The molecule has 36 heavy (non-hydrogen) atoms. The second kappa shape index (κ2) is 10.4. The highest BCUT2D eigenvalue weighted by atomic mass is 35.5. The predicted octanol–water partition coefficient (Wildman–Crippen LogP) is 6.69. The minimum absolute atomic E-state index is 0.254. The number of nitrogens with zero attached hydrogens (tertiary/aromatic N) is 1. The van der Waals surface area contributed by atoms with E-state index >= 15 is 0 Å². The van der Waals surface area contributed by atoms with Crippen LogP contribution in [-0.2, 0) is 16.2 Å². The highest BCUT2D eigenvalue weighted by Crippen LogP contribution is 2.42. The van der Waals surface area contributed by atoms with Gasteiger partial charge in [0.25, 0.3) is 10.0 Å². The molecule has 0 aromatic heterocycles. The van der Waals surface area contributed by atoms with Crippen molar-refractivity contribution >= 4 is 38.9 Å². The van der Waals surface area contributed by atoms with Crippen LogP contribution in [0.3, 0.4) is 0 Å². The first kappa shape index (κ1) is 26.4. The number of likely N-dealkylation sites (tertiary alicyclic amines) is 1. The van der Waals surface area contributed by atoms with Crippen LogP contribution in [-0.4, -0.2) is 39.6 Å². The topological polar surface area (TPSA) is 67.9 Å². The molecule has 1 aliphatic heterocycles. The highest BCUT2D eigenvalue weighted by molar-refractivity contribution is 7.92. The number of rotatable bonds is 7. The largest absolute Gasteiger partial charge is 0.488 e. The third-order valence-electron chi connectivity index (χ3n) is 5.40. The van der Waals surface area contributed by atoms with Crippen molar-refractivity contribution in [3.8, 4) is 17.2 Å². The van der Waals surface area contributed by atoms with E-state index in [1.165, 1.54) is 54.6 Å². The van der Waals surface area contributed by atoms with Gasteiger partial charge in [0.2, 0.25) is 0 Å². The first-order chi connectivity index (χ1) is 16.9. The minimum Gasteiger partial charge on any atom is -0.488 e. The summed E-state index contributed by atoms with van der Waals surface area (Å²) in [5, 5.41) is 0.708. The van der Waals surface area contributed by atoms with Gasteiger partial charge in [-0.25, -0.2) is 8.42 Å². The summed E-state index contributed by atoms with van der Waals surface area (Å²) < 4.78 is 81.2. The zero-order valence-electron chi connectivity index (χ0n) is 18.9. The van der Waals surface area contributed by atoms with Crippen molar-refractivity contribution in [2.45, 2.75) is 23.6 Å². The number of sulfonamides is 1. The van der Waals surface area contributed by atoms with Gasteiger partial charge in [-0.2, -0.15) is 13.2 Å². The zero-order valence-corrected chi connectivity index (χ0v) is 21.2. The maximum Gasteiger partial charge on any atom is 0.421 e. The molecule has 4 rings (SSSR count). The summed E-state index contributed by atoms with van der Waals surface area (Å²) in [5.41, 5.74) is -1.80. The van der Waals surface area contributed by atoms with E-state index in [0.29, 0.717) is 35.3 Å². The Bertz CT molecular complexity index is 1330. The van der Waals surface area contributed by atoms with Crippen molar-refractivity contribution in [1.29, 1.82) is 0 Å². The van der Waals surface area contributed by atoms with Gasteiger partial charge in [-0.3, -0.25) is 4.72 Å². The van der Waals surface area contributed by atoms with Crippen molar-refractivity contribution < 1.29 is 31.1 Å². The van der Waals surface area contributed by atoms with Crippen LogP contribution < -0.4 is 14.2 Å². The Kier molecular flexibility index (Phi) is 7.61. The second-order valence-corrected chi connectivity index (χ2v) is 10.8. The fourth-order valence-electron chi connectivity index (χ4n) is 3.79. The molecule has 1 saturated heterocycles. The molecule has 0 spiro atoms. The van der Waals surface area contributed by atoms with Gasteiger partial charge in [0, 0.05) is 23.1 Å². The number of nitrogens with one attached hydrogen (secondary N) is 1. The average molecular weight is 561 g/mol. The van der Waals surface area contributed by atoms with E-state index in [1.807, 2.05) is 11.9 Å². The van der Waals surface area contributed by atoms with Gasteiger partial charge in [-0.05, 0) is 68.1 Å². The van der Waals surface area contributed by atoms with Crippen molar-refractivity contribution in [2.75, 3.05) is 24.9 Å². The highest BCUT2D eigenvalue weighted by Gasteiger charge is 2.39.